The summed E-state index contributed by atoms with van der Waals surface area (Å²) in [4.78, 5) is 76.2. The molecule has 10 heteroatoms. The number of carbonyl (C=O) groups excluding carboxylic acids is 6. The number of methoxy groups -OCH3 is 1. The molecule has 7 atom stereocenters. The summed E-state index contributed by atoms with van der Waals surface area (Å²) < 4.78 is 16.2. The minimum Gasteiger partial charge on any atom is -0.467 e. The molecule has 0 radical (unpaired) electrons. The fourth-order valence-corrected chi connectivity index (χ4v) is 9.31. The number of carbonyl (C=O) groups is 6. The predicted octanol–water partition coefficient (Wildman–Crippen LogP) is 4.74. The van der Waals surface area contributed by atoms with Crippen LogP contribution in [0.25, 0.3) is 0 Å². The van der Waals surface area contributed by atoms with Gasteiger partial charge < -0.3 is 19.5 Å². The van der Waals surface area contributed by atoms with Crippen LogP contribution in [0.1, 0.15) is 96.6 Å². The molecule has 4 aliphatic carbocycles. The largest absolute Gasteiger partial charge is 0.467 e. The molecule has 5 rings (SSSR count). The Morgan fingerprint density at radius 2 is 1.65 bits per heavy atom. The highest BCUT2D eigenvalue weighted by atomic mass is 16.6. The Morgan fingerprint density at radius 3 is 2.35 bits per heavy atom. The molecule has 3 saturated carbocycles. The van der Waals surface area contributed by atoms with Gasteiger partial charge in [0.15, 0.2) is 24.0 Å². The molecule has 4 aliphatic rings. The number of amides is 1. The summed E-state index contributed by atoms with van der Waals surface area (Å²) in [5.74, 6) is -1.84. The van der Waals surface area contributed by atoms with Crippen LogP contribution in [-0.4, -0.2) is 54.7 Å². The number of ether oxygens (including phenoxy) is 3. The number of ketones is 2. The summed E-state index contributed by atoms with van der Waals surface area (Å²) in [5, 5.41) is 2.59. The van der Waals surface area contributed by atoms with Crippen molar-refractivity contribution < 1.29 is 43.0 Å². The highest BCUT2D eigenvalue weighted by molar-refractivity contribution is 5.94. The van der Waals surface area contributed by atoms with E-state index in [1.807, 2.05) is 6.08 Å². The summed E-state index contributed by atoms with van der Waals surface area (Å²) in [5.41, 5.74) is -0.262. The number of allylic oxidation sites excluding steroid dienone is 1. The Morgan fingerprint density at radius 1 is 0.935 bits per heavy atom. The lowest BCUT2D eigenvalue weighted by atomic mass is 9.46. The van der Waals surface area contributed by atoms with E-state index in [2.05, 4.69) is 19.2 Å². The third kappa shape index (κ3) is 6.02. The zero-order chi connectivity index (χ0) is 33.3. The lowest BCUT2D eigenvalue weighted by Gasteiger charge is -2.59. The monoisotopic (exact) mass is 635 g/mol. The van der Waals surface area contributed by atoms with Crippen LogP contribution in [0.5, 0.6) is 0 Å². The van der Waals surface area contributed by atoms with Crippen LogP contribution in [0.15, 0.2) is 42.0 Å². The topological polar surface area (TPSA) is 142 Å². The summed E-state index contributed by atoms with van der Waals surface area (Å²) in [6.45, 7) is 5.08. The van der Waals surface area contributed by atoms with Gasteiger partial charge in [-0.05, 0) is 79.8 Å². The van der Waals surface area contributed by atoms with E-state index in [0.717, 1.165) is 32.1 Å². The number of hydrogen-bond acceptors (Lipinski definition) is 9. The van der Waals surface area contributed by atoms with Crippen LogP contribution in [0.4, 0.5) is 0 Å². The minimum absolute atomic E-state index is 0.0331. The van der Waals surface area contributed by atoms with Crippen molar-refractivity contribution in [3.05, 3.63) is 47.5 Å². The third-order valence-electron chi connectivity index (χ3n) is 11.6. The van der Waals surface area contributed by atoms with Crippen LogP contribution in [0, 0.1) is 28.6 Å². The number of rotatable bonds is 10. The van der Waals surface area contributed by atoms with E-state index < -0.39 is 53.3 Å². The molecule has 0 bridgehead atoms. The van der Waals surface area contributed by atoms with E-state index in [1.54, 1.807) is 30.3 Å². The van der Waals surface area contributed by atoms with Gasteiger partial charge in [0.05, 0.1) is 13.5 Å². The lowest BCUT2D eigenvalue weighted by Crippen LogP contribution is -2.59. The fraction of sp³-hybridized carbons (Fsp3) is 0.611. The molecule has 46 heavy (non-hydrogen) atoms. The van der Waals surface area contributed by atoms with Crippen molar-refractivity contribution in [2.75, 3.05) is 13.7 Å². The maximum atomic E-state index is 14.0. The minimum atomic E-state index is -1.41. The second-order valence-corrected chi connectivity index (χ2v) is 13.9. The van der Waals surface area contributed by atoms with E-state index in [0.29, 0.717) is 36.7 Å². The van der Waals surface area contributed by atoms with Gasteiger partial charge in [0.2, 0.25) is 11.7 Å². The van der Waals surface area contributed by atoms with Gasteiger partial charge in [0.25, 0.3) is 0 Å². The maximum absolute atomic E-state index is 14.0. The number of Topliss-reactive ketones (excluding diaryl/α,β-unsaturated/α-hetero) is 1. The SMILES string of the molecule is COC(=O)C(NC(=O)CCC(=O)OCC(=O)[C@@]1(OC(C)=O)CC[C@H]2[C@@H]3CCC4=CC(=O)CC[C@]4(C)[C@H]3CC[C@@]21C)c1ccccc1. The van der Waals surface area contributed by atoms with Gasteiger partial charge in [-0.3, -0.25) is 24.0 Å². The molecule has 0 spiro atoms. The van der Waals surface area contributed by atoms with Crippen molar-refractivity contribution in [2.24, 2.45) is 28.6 Å². The number of benzene rings is 1. The van der Waals surface area contributed by atoms with Gasteiger partial charge in [-0.2, -0.15) is 0 Å². The number of nitrogens with one attached hydrogen (secondary N) is 1. The average molecular weight is 636 g/mol. The van der Waals surface area contributed by atoms with E-state index in [4.69, 9.17) is 14.2 Å². The highest BCUT2D eigenvalue weighted by Gasteiger charge is 2.68. The Balaban J connectivity index is 1.23. The first-order valence-electron chi connectivity index (χ1n) is 16.4. The van der Waals surface area contributed by atoms with Crippen molar-refractivity contribution in [3.63, 3.8) is 0 Å². The van der Waals surface area contributed by atoms with E-state index in [1.165, 1.54) is 19.6 Å². The standard InChI is InChI=1S/C36H45NO9/c1-22(38)46-36(19-16-28-26-11-10-24-20-25(39)14-17-34(24,2)27(26)15-18-35(28,36)3)29(40)21-45-31(42)13-12-30(41)37-32(33(43)44-4)23-8-6-5-7-9-23/h5-9,20,26-28,32H,10-19,21H2,1-4H3,(H,37,41)/t26-,27+,28+,32?,34+,35+,36+/m1/s1. The van der Waals surface area contributed by atoms with Crippen molar-refractivity contribution in [1.29, 1.82) is 0 Å². The van der Waals surface area contributed by atoms with Crippen LogP contribution >= 0.6 is 0 Å². The Kier molecular flexibility index (Phi) is 9.57. The van der Waals surface area contributed by atoms with Crippen molar-refractivity contribution in [2.45, 2.75) is 96.6 Å². The van der Waals surface area contributed by atoms with E-state index in [9.17, 15) is 28.8 Å². The second-order valence-electron chi connectivity index (χ2n) is 13.9. The Hall–Kier alpha value is -3.82. The molecule has 0 saturated heterocycles. The Labute approximate surface area is 270 Å². The molecule has 0 aliphatic heterocycles. The van der Waals surface area contributed by atoms with E-state index >= 15 is 0 Å². The zero-order valence-electron chi connectivity index (χ0n) is 27.2. The molecule has 248 valence electrons. The van der Waals surface area contributed by atoms with Crippen LogP contribution in [-0.2, 0) is 43.0 Å². The molecule has 3 fully saturated rings. The third-order valence-corrected chi connectivity index (χ3v) is 11.6. The molecule has 1 unspecified atom stereocenters. The van der Waals surface area contributed by atoms with Crippen LogP contribution in [0.2, 0.25) is 0 Å². The van der Waals surface area contributed by atoms with Crippen LogP contribution < -0.4 is 5.32 Å². The highest BCUT2D eigenvalue weighted by Crippen LogP contribution is 2.68. The van der Waals surface area contributed by atoms with Crippen LogP contribution in [0.3, 0.4) is 0 Å². The normalized spacial score (nSPS) is 32.0. The number of esters is 3. The van der Waals surface area contributed by atoms with E-state index in [-0.39, 0.29) is 30.0 Å². The van der Waals surface area contributed by atoms with Gasteiger partial charge in [-0.1, -0.05) is 49.8 Å². The summed E-state index contributed by atoms with van der Waals surface area (Å²) >= 11 is 0. The number of fused-ring (bicyclic) bond motifs is 5. The predicted molar refractivity (Wildman–Crippen MR) is 166 cm³/mol. The first-order chi connectivity index (χ1) is 21.8. The van der Waals surface area contributed by atoms with Gasteiger partial charge in [-0.15, -0.1) is 0 Å². The van der Waals surface area contributed by atoms with Gasteiger partial charge in [-0.25, -0.2) is 4.79 Å². The molecule has 0 aromatic heterocycles. The molecular weight excluding hydrogens is 590 g/mol. The fourth-order valence-electron chi connectivity index (χ4n) is 9.31. The lowest BCUT2D eigenvalue weighted by molar-refractivity contribution is -0.191. The summed E-state index contributed by atoms with van der Waals surface area (Å²) in [6.07, 6.45) is 7.15. The van der Waals surface area contributed by atoms with Crippen molar-refractivity contribution >= 4 is 35.4 Å². The van der Waals surface area contributed by atoms with Gasteiger partial charge >= 0.3 is 17.9 Å². The van der Waals surface area contributed by atoms with Crippen molar-refractivity contribution in [1.82, 2.24) is 5.32 Å². The molecule has 1 aromatic rings. The number of hydrogen-bond donors (Lipinski definition) is 1. The molecular formula is C36H45NO9. The maximum Gasteiger partial charge on any atom is 0.333 e. The smallest absolute Gasteiger partial charge is 0.333 e. The summed E-state index contributed by atoms with van der Waals surface area (Å²) in [6, 6.07) is 7.58. The molecule has 1 amide bonds. The molecule has 0 heterocycles. The Bertz CT molecular complexity index is 1440. The zero-order valence-corrected chi connectivity index (χ0v) is 27.2. The van der Waals surface area contributed by atoms with Gasteiger partial charge in [0, 0.05) is 25.2 Å². The second kappa shape index (κ2) is 13.1. The first-order valence-corrected chi connectivity index (χ1v) is 16.4. The van der Waals surface area contributed by atoms with Crippen molar-refractivity contribution in [3.8, 4) is 0 Å². The molecule has 1 N–H and O–H groups in total. The molecule has 10 nitrogen and oxygen atoms in total. The average Bonchev–Trinajstić information content (AvgIpc) is 3.34. The summed E-state index contributed by atoms with van der Waals surface area (Å²) in [7, 11) is 1.22. The van der Waals surface area contributed by atoms with Gasteiger partial charge in [0.1, 0.15) is 0 Å². The quantitative estimate of drug-likeness (QED) is 0.285. The first kappa shape index (κ1) is 33.5. The molecule has 1 aromatic carbocycles.